The van der Waals surface area contributed by atoms with Gasteiger partial charge in [0.2, 0.25) is 0 Å². The molecule has 0 aromatic carbocycles. The zero-order valence-electron chi connectivity index (χ0n) is 10.6. The van der Waals surface area contributed by atoms with Crippen LogP contribution in [-0.2, 0) is 19.1 Å². The van der Waals surface area contributed by atoms with Crippen molar-refractivity contribution in [3.63, 3.8) is 0 Å². The van der Waals surface area contributed by atoms with Gasteiger partial charge < -0.3 is 9.47 Å². The molecule has 0 unspecified atom stereocenters. The van der Waals surface area contributed by atoms with Crippen molar-refractivity contribution in [3.8, 4) is 0 Å². The molecule has 0 N–H and O–H groups in total. The Hall–Kier alpha value is -1.10. The van der Waals surface area contributed by atoms with Crippen LogP contribution in [0.5, 0.6) is 0 Å². The van der Waals surface area contributed by atoms with E-state index in [1.54, 1.807) is 13.8 Å². The molecule has 5 nitrogen and oxygen atoms in total. The van der Waals surface area contributed by atoms with Gasteiger partial charge in [0.25, 0.3) is 0 Å². The zero-order valence-corrected chi connectivity index (χ0v) is 10.6. The van der Waals surface area contributed by atoms with Gasteiger partial charge in [0.15, 0.2) is 0 Å². The third-order valence-electron chi connectivity index (χ3n) is 2.81. The van der Waals surface area contributed by atoms with Crippen LogP contribution in [0.15, 0.2) is 0 Å². The summed E-state index contributed by atoms with van der Waals surface area (Å²) in [6.45, 7) is 5.91. The largest absolute Gasteiger partial charge is 0.466 e. The van der Waals surface area contributed by atoms with Crippen molar-refractivity contribution in [2.24, 2.45) is 0 Å². The number of esters is 2. The third-order valence-corrected chi connectivity index (χ3v) is 2.81. The van der Waals surface area contributed by atoms with Gasteiger partial charge in [0.1, 0.15) is 6.04 Å². The van der Waals surface area contributed by atoms with Crippen molar-refractivity contribution < 1.29 is 19.1 Å². The van der Waals surface area contributed by atoms with Gasteiger partial charge in [-0.25, -0.2) is 0 Å². The van der Waals surface area contributed by atoms with Crippen LogP contribution in [0, 0.1) is 0 Å². The maximum absolute atomic E-state index is 11.8. The van der Waals surface area contributed by atoms with E-state index in [4.69, 9.17) is 9.47 Å². The van der Waals surface area contributed by atoms with Crippen LogP contribution in [0.2, 0.25) is 0 Å². The average Bonchev–Trinajstić information content (AvgIpc) is 2.79. The van der Waals surface area contributed by atoms with Gasteiger partial charge in [0.05, 0.1) is 19.6 Å². The minimum absolute atomic E-state index is 0.0900. The monoisotopic (exact) mass is 243 g/mol. The molecule has 1 aliphatic rings. The second kappa shape index (κ2) is 7.27. The lowest BCUT2D eigenvalue weighted by molar-refractivity contribution is -0.155. The summed E-state index contributed by atoms with van der Waals surface area (Å²) >= 11 is 0. The molecule has 0 aliphatic carbocycles. The first kappa shape index (κ1) is 14.0. The van der Waals surface area contributed by atoms with E-state index in [9.17, 15) is 9.59 Å². The average molecular weight is 243 g/mol. The van der Waals surface area contributed by atoms with Crippen LogP contribution in [-0.4, -0.2) is 49.2 Å². The molecule has 0 saturated carbocycles. The molecule has 17 heavy (non-hydrogen) atoms. The van der Waals surface area contributed by atoms with E-state index in [1.807, 2.05) is 4.90 Å². The fraction of sp³-hybridized carbons (Fsp3) is 0.833. The molecule has 0 bridgehead atoms. The predicted molar refractivity (Wildman–Crippen MR) is 62.5 cm³/mol. The minimum atomic E-state index is -0.475. The summed E-state index contributed by atoms with van der Waals surface area (Å²) in [4.78, 5) is 25.3. The van der Waals surface area contributed by atoms with Crippen molar-refractivity contribution in [2.45, 2.75) is 39.2 Å². The SMILES string of the molecule is CCOC(=O)C[C@@H](C(=O)OCC)N1CCCC1. The second-order valence-electron chi connectivity index (χ2n) is 4.02. The molecule has 1 saturated heterocycles. The first-order chi connectivity index (χ1) is 8.19. The summed E-state index contributed by atoms with van der Waals surface area (Å²) < 4.78 is 9.89. The summed E-state index contributed by atoms with van der Waals surface area (Å²) in [5.41, 5.74) is 0. The molecule has 5 heteroatoms. The lowest BCUT2D eigenvalue weighted by Crippen LogP contribution is -2.42. The van der Waals surface area contributed by atoms with Crippen LogP contribution in [0.4, 0.5) is 0 Å². The van der Waals surface area contributed by atoms with E-state index in [0.717, 1.165) is 25.9 Å². The number of hydrogen-bond donors (Lipinski definition) is 0. The van der Waals surface area contributed by atoms with Crippen LogP contribution in [0.1, 0.15) is 33.1 Å². The smallest absolute Gasteiger partial charge is 0.323 e. The Morgan fingerprint density at radius 3 is 2.24 bits per heavy atom. The molecule has 1 atom stereocenters. The van der Waals surface area contributed by atoms with Crippen molar-refractivity contribution >= 4 is 11.9 Å². The van der Waals surface area contributed by atoms with Crippen LogP contribution >= 0.6 is 0 Å². The fourth-order valence-electron chi connectivity index (χ4n) is 2.03. The molecule has 0 spiro atoms. The third kappa shape index (κ3) is 4.34. The molecule has 0 radical (unpaired) electrons. The number of ether oxygens (including phenoxy) is 2. The van der Waals surface area contributed by atoms with E-state index in [1.165, 1.54) is 0 Å². The van der Waals surface area contributed by atoms with E-state index >= 15 is 0 Å². The number of hydrogen-bond acceptors (Lipinski definition) is 5. The van der Waals surface area contributed by atoms with Gasteiger partial charge in [-0.15, -0.1) is 0 Å². The molecule has 0 amide bonds. The maximum Gasteiger partial charge on any atom is 0.323 e. The summed E-state index contributed by atoms with van der Waals surface area (Å²) in [5.74, 6) is -0.653. The highest BCUT2D eigenvalue weighted by Gasteiger charge is 2.31. The lowest BCUT2D eigenvalue weighted by Gasteiger charge is -2.24. The molecule has 0 aromatic rings. The Labute approximate surface area is 102 Å². The van der Waals surface area contributed by atoms with Gasteiger partial charge in [-0.1, -0.05) is 0 Å². The molecule has 1 fully saturated rings. The quantitative estimate of drug-likeness (QED) is 0.651. The first-order valence-electron chi connectivity index (χ1n) is 6.25. The Balaban J connectivity index is 2.57. The van der Waals surface area contributed by atoms with Gasteiger partial charge >= 0.3 is 11.9 Å². The maximum atomic E-state index is 11.8. The Morgan fingerprint density at radius 2 is 1.71 bits per heavy atom. The number of likely N-dealkylation sites (tertiary alicyclic amines) is 1. The number of rotatable bonds is 6. The summed E-state index contributed by atoms with van der Waals surface area (Å²) in [7, 11) is 0. The standard InChI is InChI=1S/C12H21NO4/c1-3-16-11(14)9-10(12(15)17-4-2)13-7-5-6-8-13/h10H,3-9H2,1-2H3/t10-/m0/s1. The normalized spacial score (nSPS) is 17.8. The van der Waals surface area contributed by atoms with Gasteiger partial charge in [0, 0.05) is 0 Å². The van der Waals surface area contributed by atoms with Crippen molar-refractivity contribution in [1.29, 1.82) is 0 Å². The van der Waals surface area contributed by atoms with Crippen LogP contribution < -0.4 is 0 Å². The molecule has 1 aliphatic heterocycles. The second-order valence-corrected chi connectivity index (χ2v) is 4.02. The van der Waals surface area contributed by atoms with Crippen molar-refractivity contribution in [2.75, 3.05) is 26.3 Å². The van der Waals surface area contributed by atoms with E-state index in [-0.39, 0.29) is 18.4 Å². The minimum Gasteiger partial charge on any atom is -0.466 e. The lowest BCUT2D eigenvalue weighted by atomic mass is 10.2. The van der Waals surface area contributed by atoms with E-state index in [0.29, 0.717) is 13.2 Å². The van der Waals surface area contributed by atoms with Gasteiger partial charge in [-0.3, -0.25) is 14.5 Å². The number of carbonyl (C=O) groups excluding carboxylic acids is 2. The highest BCUT2D eigenvalue weighted by Crippen LogP contribution is 2.16. The topological polar surface area (TPSA) is 55.8 Å². The van der Waals surface area contributed by atoms with E-state index in [2.05, 4.69) is 0 Å². The van der Waals surface area contributed by atoms with Crippen LogP contribution in [0.3, 0.4) is 0 Å². The van der Waals surface area contributed by atoms with Crippen molar-refractivity contribution in [1.82, 2.24) is 4.90 Å². The molecular weight excluding hydrogens is 222 g/mol. The molecule has 1 heterocycles. The molecule has 1 rings (SSSR count). The van der Waals surface area contributed by atoms with Crippen LogP contribution in [0.25, 0.3) is 0 Å². The highest BCUT2D eigenvalue weighted by molar-refractivity contribution is 5.82. The number of nitrogens with zero attached hydrogens (tertiary/aromatic N) is 1. The number of carbonyl (C=O) groups is 2. The van der Waals surface area contributed by atoms with E-state index < -0.39 is 6.04 Å². The summed E-state index contributed by atoms with van der Waals surface area (Å²) in [6.07, 6.45) is 2.23. The summed E-state index contributed by atoms with van der Waals surface area (Å²) in [6, 6.07) is -0.475. The first-order valence-corrected chi connectivity index (χ1v) is 6.25. The van der Waals surface area contributed by atoms with Gasteiger partial charge in [-0.2, -0.15) is 0 Å². The summed E-state index contributed by atoms with van der Waals surface area (Å²) in [5, 5.41) is 0. The molecule has 98 valence electrons. The van der Waals surface area contributed by atoms with Gasteiger partial charge in [-0.05, 0) is 39.8 Å². The molecule has 0 aromatic heterocycles. The molecular formula is C12H21NO4. The van der Waals surface area contributed by atoms with Crippen molar-refractivity contribution in [3.05, 3.63) is 0 Å². The fourth-order valence-corrected chi connectivity index (χ4v) is 2.03. The predicted octanol–water partition coefficient (Wildman–Crippen LogP) is 0.967. The zero-order chi connectivity index (χ0) is 12.7. The Morgan fingerprint density at radius 1 is 1.12 bits per heavy atom. The Bertz CT molecular complexity index is 261. The highest BCUT2D eigenvalue weighted by atomic mass is 16.5. The Kier molecular flexibility index (Phi) is 5.97.